The van der Waals surface area contributed by atoms with Crippen molar-refractivity contribution < 1.29 is 27.8 Å². The van der Waals surface area contributed by atoms with E-state index in [2.05, 4.69) is 30.2 Å². The van der Waals surface area contributed by atoms with Gasteiger partial charge in [0.1, 0.15) is 11.3 Å². The van der Waals surface area contributed by atoms with Crippen molar-refractivity contribution in [2.24, 2.45) is 0 Å². The van der Waals surface area contributed by atoms with E-state index < -0.39 is 29.4 Å². The Hall–Kier alpha value is -3.09. The first-order valence-electron chi connectivity index (χ1n) is 10.7. The molecule has 2 aromatic heterocycles. The number of hydrogen-bond acceptors (Lipinski definition) is 7. The summed E-state index contributed by atoms with van der Waals surface area (Å²) in [5.74, 6) is -1.66. The number of aromatic nitrogens is 3. The second-order valence-corrected chi connectivity index (χ2v) is 10.4. The van der Waals surface area contributed by atoms with Crippen molar-refractivity contribution in [2.45, 2.75) is 32.6 Å². The quantitative estimate of drug-likeness (QED) is 0.394. The number of ether oxygens (including phenoxy) is 2. The number of carbonyl (C=O) groups is 2. The lowest BCUT2D eigenvalue weighted by molar-refractivity contribution is -0.286. The van der Waals surface area contributed by atoms with Gasteiger partial charge in [-0.3, -0.25) is 9.59 Å². The molecule has 2 N–H and O–H groups in total. The van der Waals surface area contributed by atoms with Crippen LogP contribution in [0.15, 0.2) is 30.5 Å². The Morgan fingerprint density at radius 2 is 1.95 bits per heavy atom. The van der Waals surface area contributed by atoms with Crippen LogP contribution in [0.25, 0.3) is 5.82 Å². The molecule has 0 unspecified atom stereocenters. The molecule has 4 rings (SSSR count). The molecular weight excluding hydrogens is 551 g/mol. The summed E-state index contributed by atoms with van der Waals surface area (Å²) in [6.45, 7) is 5.08. The molecule has 3 aromatic rings. The van der Waals surface area contributed by atoms with Crippen LogP contribution in [-0.2, 0) is 0 Å². The molecule has 0 bridgehead atoms. The molecule has 2 amide bonds. The van der Waals surface area contributed by atoms with Gasteiger partial charge in [0.05, 0.1) is 10.7 Å². The first kappa shape index (κ1) is 27.0. The van der Waals surface area contributed by atoms with Crippen LogP contribution in [0, 0.1) is 6.92 Å². The van der Waals surface area contributed by atoms with Gasteiger partial charge in [-0.15, -0.1) is 8.78 Å². The highest BCUT2D eigenvalue weighted by molar-refractivity contribution is 7.98. The molecule has 37 heavy (non-hydrogen) atoms. The zero-order chi connectivity index (χ0) is 27.1. The normalized spacial score (nSPS) is 13.9. The first-order valence-corrected chi connectivity index (χ1v) is 12.9. The maximum atomic E-state index is 14.0. The van der Waals surface area contributed by atoms with E-state index in [4.69, 9.17) is 23.2 Å². The number of alkyl halides is 2. The lowest BCUT2D eigenvalue weighted by Crippen LogP contribution is -2.45. The van der Waals surface area contributed by atoms with Crippen LogP contribution in [0.2, 0.25) is 10.2 Å². The lowest BCUT2D eigenvalue weighted by atomic mass is 10.0. The molecule has 0 saturated carbocycles. The minimum absolute atomic E-state index is 0.0225. The number of rotatable bonds is 7. The van der Waals surface area contributed by atoms with Gasteiger partial charge in [-0.25, -0.2) is 9.67 Å². The van der Waals surface area contributed by atoms with E-state index in [0.29, 0.717) is 5.75 Å². The highest BCUT2D eigenvalue weighted by Crippen LogP contribution is 2.47. The molecule has 1 aromatic carbocycles. The molecule has 14 heteroatoms. The van der Waals surface area contributed by atoms with Gasteiger partial charge in [-0.1, -0.05) is 23.2 Å². The SMILES string of the molecule is CSCC(C)(C)NC(=O)c1c(NC(=O)c2cc(Cl)nn2-c2ncccc2Cl)c(C)cc2c1OC(F)(F)O2. The second kappa shape index (κ2) is 9.99. The van der Waals surface area contributed by atoms with E-state index in [1.54, 1.807) is 26.0 Å². The van der Waals surface area contributed by atoms with Crippen LogP contribution in [0.3, 0.4) is 0 Å². The highest BCUT2D eigenvalue weighted by Gasteiger charge is 2.47. The predicted octanol–water partition coefficient (Wildman–Crippen LogP) is 5.33. The number of benzene rings is 1. The van der Waals surface area contributed by atoms with Crippen molar-refractivity contribution in [3.63, 3.8) is 0 Å². The van der Waals surface area contributed by atoms with Crippen molar-refractivity contribution in [1.82, 2.24) is 20.1 Å². The number of anilines is 1. The topological polar surface area (TPSA) is 107 Å². The third-order valence-electron chi connectivity index (χ3n) is 5.17. The fraction of sp³-hybridized carbons (Fsp3) is 0.304. The number of nitrogens with one attached hydrogen (secondary N) is 2. The van der Waals surface area contributed by atoms with Gasteiger partial charge in [0.2, 0.25) is 0 Å². The standard InChI is InChI=1S/C23H21Cl2F2N5O4S/c1-11-8-14-18(36-23(26,27)35-14)16(21(34)30-22(2,3)10-37-4)17(11)29-20(33)13-9-15(25)31-32(13)19-12(24)6-5-7-28-19/h5-9H,10H2,1-4H3,(H,29,33)(H,30,34). The first-order chi connectivity index (χ1) is 17.3. The number of halogens is 4. The molecule has 0 atom stereocenters. The van der Waals surface area contributed by atoms with Crippen LogP contribution in [0.5, 0.6) is 11.5 Å². The van der Waals surface area contributed by atoms with Crippen molar-refractivity contribution in [3.05, 3.63) is 57.5 Å². The van der Waals surface area contributed by atoms with Gasteiger partial charge in [0.25, 0.3) is 11.8 Å². The number of aryl methyl sites for hydroxylation is 1. The molecule has 3 heterocycles. The summed E-state index contributed by atoms with van der Waals surface area (Å²) >= 11 is 13.8. The third-order valence-corrected chi connectivity index (χ3v) is 6.66. The summed E-state index contributed by atoms with van der Waals surface area (Å²) in [5.41, 5.74) is -0.879. The molecule has 1 aliphatic rings. The van der Waals surface area contributed by atoms with Crippen LogP contribution in [0.1, 0.15) is 40.3 Å². The third kappa shape index (κ3) is 5.60. The molecule has 0 aliphatic carbocycles. The summed E-state index contributed by atoms with van der Waals surface area (Å²) in [6.07, 6.45) is -0.661. The maximum absolute atomic E-state index is 14.0. The largest absolute Gasteiger partial charge is 0.586 e. The van der Waals surface area contributed by atoms with Gasteiger partial charge in [0, 0.05) is 23.6 Å². The Morgan fingerprint density at radius 3 is 2.62 bits per heavy atom. The lowest BCUT2D eigenvalue weighted by Gasteiger charge is -2.26. The maximum Gasteiger partial charge on any atom is 0.586 e. The van der Waals surface area contributed by atoms with Crippen LogP contribution in [-0.4, -0.2) is 50.4 Å². The zero-order valence-electron chi connectivity index (χ0n) is 20.0. The zero-order valence-corrected chi connectivity index (χ0v) is 22.3. The summed E-state index contributed by atoms with van der Waals surface area (Å²) in [5, 5.41) is 9.68. The van der Waals surface area contributed by atoms with Crippen LogP contribution >= 0.6 is 35.0 Å². The molecule has 0 radical (unpaired) electrons. The van der Waals surface area contributed by atoms with Gasteiger partial charge in [-0.05, 0) is 50.8 Å². The van der Waals surface area contributed by atoms with E-state index in [9.17, 15) is 18.4 Å². The van der Waals surface area contributed by atoms with Crippen LogP contribution < -0.4 is 20.1 Å². The molecule has 1 aliphatic heterocycles. The fourth-order valence-corrected chi connectivity index (χ4v) is 4.92. The van der Waals surface area contributed by atoms with Crippen molar-refractivity contribution in [2.75, 3.05) is 17.3 Å². The smallest absolute Gasteiger partial charge is 0.395 e. The molecular formula is C23H21Cl2F2N5O4S. The molecule has 0 spiro atoms. The number of nitrogens with zero attached hydrogens (tertiary/aromatic N) is 3. The number of amides is 2. The van der Waals surface area contributed by atoms with Gasteiger partial charge >= 0.3 is 6.29 Å². The Morgan fingerprint density at radius 1 is 1.22 bits per heavy atom. The molecule has 196 valence electrons. The Bertz CT molecular complexity index is 1400. The summed E-state index contributed by atoms with van der Waals surface area (Å²) in [6, 6.07) is 5.68. The minimum Gasteiger partial charge on any atom is -0.395 e. The van der Waals surface area contributed by atoms with Crippen molar-refractivity contribution in [3.8, 4) is 17.3 Å². The van der Waals surface area contributed by atoms with Gasteiger partial charge in [0.15, 0.2) is 22.5 Å². The number of fused-ring (bicyclic) bond motifs is 1. The van der Waals surface area contributed by atoms with Crippen LogP contribution in [0.4, 0.5) is 14.5 Å². The monoisotopic (exact) mass is 571 g/mol. The number of hydrogen-bond donors (Lipinski definition) is 2. The Kier molecular flexibility index (Phi) is 7.28. The number of thioether (sulfide) groups is 1. The minimum atomic E-state index is -3.98. The van der Waals surface area contributed by atoms with E-state index in [-0.39, 0.29) is 44.3 Å². The Labute approximate surface area is 224 Å². The highest BCUT2D eigenvalue weighted by atomic mass is 35.5. The van der Waals surface area contributed by atoms with E-state index in [0.717, 1.165) is 4.68 Å². The molecule has 0 fully saturated rings. The summed E-state index contributed by atoms with van der Waals surface area (Å²) in [7, 11) is 0. The van der Waals surface area contributed by atoms with Gasteiger partial charge in [-0.2, -0.15) is 16.9 Å². The Balaban J connectivity index is 1.79. The van der Waals surface area contributed by atoms with Crippen molar-refractivity contribution in [1.29, 1.82) is 0 Å². The average Bonchev–Trinajstić information content (AvgIpc) is 3.31. The number of pyridine rings is 1. The van der Waals surface area contributed by atoms with Crippen molar-refractivity contribution >= 4 is 52.5 Å². The van der Waals surface area contributed by atoms with E-state index in [1.807, 2.05) is 6.26 Å². The van der Waals surface area contributed by atoms with E-state index in [1.165, 1.54) is 37.0 Å². The molecule has 9 nitrogen and oxygen atoms in total. The number of carbonyl (C=O) groups excluding carboxylic acids is 2. The van der Waals surface area contributed by atoms with E-state index >= 15 is 0 Å². The average molecular weight is 572 g/mol. The predicted molar refractivity (Wildman–Crippen MR) is 137 cm³/mol. The fourth-order valence-electron chi connectivity index (χ4n) is 3.74. The van der Waals surface area contributed by atoms with Gasteiger partial charge < -0.3 is 20.1 Å². The molecule has 0 saturated heterocycles. The summed E-state index contributed by atoms with van der Waals surface area (Å²) in [4.78, 5) is 31.0. The summed E-state index contributed by atoms with van der Waals surface area (Å²) < 4.78 is 38.4. The second-order valence-electron chi connectivity index (χ2n) is 8.74.